The molecule has 0 aromatic rings. The Morgan fingerprint density at radius 2 is 1.11 bits per heavy atom. The minimum Gasteiger partial charge on any atom is -0.249 e. The van der Waals surface area contributed by atoms with Crippen molar-refractivity contribution in [3.05, 3.63) is 0 Å². The van der Waals surface area contributed by atoms with Gasteiger partial charge in [0.2, 0.25) is 0 Å². The van der Waals surface area contributed by atoms with Gasteiger partial charge in [-0.3, -0.25) is 0 Å². The molecule has 0 atom stereocenters. The van der Waals surface area contributed by atoms with Gasteiger partial charge in [0.25, 0.3) is 0 Å². The molecule has 2 nitrogen and oxygen atoms in total. The van der Waals surface area contributed by atoms with Crippen LogP contribution in [0.2, 0.25) is 0 Å². The zero-order valence-corrected chi connectivity index (χ0v) is 5.72. The summed E-state index contributed by atoms with van der Waals surface area (Å²) in [7, 11) is -11.6. The highest BCUT2D eigenvalue weighted by molar-refractivity contribution is 7.70. The van der Waals surface area contributed by atoms with Crippen molar-refractivity contribution in [1.29, 1.82) is 0 Å². The van der Waals surface area contributed by atoms with Gasteiger partial charge in [0.1, 0.15) is 0 Å². The number of rotatable bonds is 2. The molecule has 0 N–H and O–H groups in total. The van der Waals surface area contributed by atoms with Gasteiger partial charge in [0, 0.05) is 0 Å². The quantitative estimate of drug-likeness (QED) is 0.487. The first-order chi connectivity index (χ1) is 3.71. The summed E-state index contributed by atoms with van der Waals surface area (Å²) in [4.78, 5) is 0. The number of hydrogen-bond donors (Lipinski definition) is 0. The van der Waals surface area contributed by atoms with Crippen LogP contribution in [0.25, 0.3) is 0 Å². The van der Waals surface area contributed by atoms with Crippen LogP contribution in [-0.4, -0.2) is 5.90 Å². The van der Waals surface area contributed by atoms with E-state index >= 15 is 0 Å². The van der Waals surface area contributed by atoms with E-state index in [9.17, 15) is 25.9 Å². The molecule has 0 saturated carbocycles. The first kappa shape index (κ1) is 9.18. The van der Waals surface area contributed by atoms with Crippen molar-refractivity contribution in [3.63, 3.8) is 0 Å². The highest BCUT2D eigenvalue weighted by Crippen LogP contribution is 2.65. The highest BCUT2D eigenvalue weighted by atomic mass is 31.3. The maximum atomic E-state index is 11.1. The third kappa shape index (κ3) is 8.18. The normalized spacial score (nSPS) is 13.8. The van der Waals surface area contributed by atoms with E-state index in [1.807, 2.05) is 0 Å². The lowest BCUT2D eigenvalue weighted by atomic mass is 11.9. The van der Waals surface area contributed by atoms with E-state index in [-0.39, 0.29) is 0 Å². The van der Waals surface area contributed by atoms with Gasteiger partial charge < -0.3 is 0 Å². The molecule has 9 heavy (non-hydrogen) atoms. The fraction of sp³-hybridized carbons (Fsp3) is 1.00. The van der Waals surface area contributed by atoms with E-state index in [2.05, 4.69) is 0 Å². The standard InChI is InChI=1S/CH2F4O2P2/c2-8(3,6)1-9(4,5)7/h1H2. The molecule has 0 rings (SSSR count). The molecule has 0 aliphatic carbocycles. The highest BCUT2D eigenvalue weighted by Gasteiger charge is 2.34. The summed E-state index contributed by atoms with van der Waals surface area (Å²) in [5.41, 5.74) is 0. The van der Waals surface area contributed by atoms with E-state index in [1.54, 1.807) is 0 Å². The molecule has 0 saturated heterocycles. The second kappa shape index (κ2) is 2.43. The van der Waals surface area contributed by atoms with Crippen molar-refractivity contribution in [1.82, 2.24) is 0 Å². The molecule has 0 aromatic carbocycles. The second-order valence-corrected chi connectivity index (χ2v) is 4.69. The predicted octanol–water partition coefficient (Wildman–Crippen LogP) is 3.21. The lowest BCUT2D eigenvalue weighted by molar-refractivity contribution is 0.481. The Bertz CT molecular complexity index is 157. The maximum Gasteiger partial charge on any atom is 0.415 e. The Hall–Kier alpha value is 0.180. The first-order valence-corrected chi connectivity index (χ1v) is 5.02. The minimum atomic E-state index is -5.80. The van der Waals surface area contributed by atoms with Gasteiger partial charge in [-0.2, -0.15) is 16.8 Å². The van der Waals surface area contributed by atoms with Crippen LogP contribution in [0.15, 0.2) is 0 Å². The summed E-state index contributed by atoms with van der Waals surface area (Å²) >= 11 is 0. The monoisotopic (exact) mass is 184 g/mol. The average molecular weight is 184 g/mol. The maximum absolute atomic E-state index is 11.1. The largest absolute Gasteiger partial charge is 0.415 e. The Morgan fingerprint density at radius 1 is 0.889 bits per heavy atom. The van der Waals surface area contributed by atoms with Gasteiger partial charge in [0.15, 0.2) is 5.90 Å². The Morgan fingerprint density at radius 3 is 1.11 bits per heavy atom. The van der Waals surface area contributed by atoms with Crippen molar-refractivity contribution in [2.75, 3.05) is 5.90 Å². The fourth-order valence-electron chi connectivity index (χ4n) is 0.192. The summed E-state index contributed by atoms with van der Waals surface area (Å²) in [6.45, 7) is 0. The first-order valence-electron chi connectivity index (χ1n) is 1.67. The zero-order valence-electron chi connectivity index (χ0n) is 3.93. The summed E-state index contributed by atoms with van der Waals surface area (Å²) in [5.74, 6) is -2.26. The zero-order chi connectivity index (χ0) is 7.71. The number of hydrogen-bond acceptors (Lipinski definition) is 2. The molecule has 0 heterocycles. The van der Waals surface area contributed by atoms with Gasteiger partial charge in [-0.05, 0) is 0 Å². The second-order valence-electron chi connectivity index (χ2n) is 1.28. The molecule has 8 heteroatoms. The van der Waals surface area contributed by atoms with E-state index in [1.165, 1.54) is 0 Å². The van der Waals surface area contributed by atoms with Gasteiger partial charge >= 0.3 is 15.5 Å². The Balaban J connectivity index is 4.07. The summed E-state index contributed by atoms with van der Waals surface area (Å²) < 4.78 is 63.0. The topological polar surface area (TPSA) is 34.1 Å². The van der Waals surface area contributed by atoms with E-state index in [4.69, 9.17) is 0 Å². The molecular formula is CH2F4O2P2. The molecule has 0 aliphatic rings. The summed E-state index contributed by atoms with van der Waals surface area (Å²) in [6.07, 6.45) is 0. The van der Waals surface area contributed by atoms with Gasteiger partial charge in [0.05, 0.1) is 0 Å². The molecule has 0 unspecified atom stereocenters. The van der Waals surface area contributed by atoms with Crippen molar-refractivity contribution in [2.45, 2.75) is 0 Å². The van der Waals surface area contributed by atoms with E-state index in [0.717, 1.165) is 0 Å². The van der Waals surface area contributed by atoms with E-state index < -0.39 is 21.4 Å². The average Bonchev–Trinajstić information content (AvgIpc) is 1.14. The molecule has 56 valence electrons. The van der Waals surface area contributed by atoms with Crippen molar-refractivity contribution >= 4 is 15.5 Å². The van der Waals surface area contributed by atoms with Gasteiger partial charge in [-0.25, -0.2) is 9.13 Å². The molecule has 0 aromatic heterocycles. The Kier molecular flexibility index (Phi) is 2.48. The molecule has 0 amide bonds. The summed E-state index contributed by atoms with van der Waals surface area (Å²) in [6, 6.07) is 0. The van der Waals surface area contributed by atoms with Crippen LogP contribution in [0.1, 0.15) is 0 Å². The molecule has 0 radical (unpaired) electrons. The van der Waals surface area contributed by atoms with Crippen molar-refractivity contribution in [3.8, 4) is 0 Å². The predicted molar refractivity (Wildman–Crippen MR) is 24.5 cm³/mol. The lowest BCUT2D eigenvalue weighted by Gasteiger charge is -1.94. The van der Waals surface area contributed by atoms with Crippen LogP contribution in [0.3, 0.4) is 0 Å². The molecule has 0 fully saturated rings. The number of halogens is 4. The molecule has 0 spiro atoms. The Labute approximate surface area is 48.5 Å². The van der Waals surface area contributed by atoms with Crippen molar-refractivity contribution in [2.24, 2.45) is 0 Å². The van der Waals surface area contributed by atoms with Gasteiger partial charge in [-0.15, -0.1) is 0 Å². The molecule has 0 bridgehead atoms. The molecular weight excluding hydrogens is 182 g/mol. The third-order valence-corrected chi connectivity index (χ3v) is 2.96. The van der Waals surface area contributed by atoms with Crippen LogP contribution in [0, 0.1) is 0 Å². The minimum absolute atomic E-state index is 2.26. The SMILES string of the molecule is O=P(F)(F)CP(=O)(F)F. The summed E-state index contributed by atoms with van der Waals surface area (Å²) in [5, 5.41) is 0. The van der Waals surface area contributed by atoms with Crippen molar-refractivity contribution < 1.29 is 25.9 Å². The third-order valence-electron chi connectivity index (χ3n) is 0.329. The van der Waals surface area contributed by atoms with Crippen LogP contribution >= 0.6 is 15.5 Å². The smallest absolute Gasteiger partial charge is 0.249 e. The van der Waals surface area contributed by atoms with Crippen LogP contribution in [-0.2, 0) is 9.13 Å². The fourth-order valence-corrected chi connectivity index (χ4v) is 1.73. The lowest BCUT2D eigenvalue weighted by Crippen LogP contribution is -1.71. The van der Waals surface area contributed by atoms with Gasteiger partial charge in [-0.1, -0.05) is 0 Å². The van der Waals surface area contributed by atoms with E-state index in [0.29, 0.717) is 0 Å². The van der Waals surface area contributed by atoms with Crippen LogP contribution in [0.5, 0.6) is 0 Å². The van der Waals surface area contributed by atoms with Crippen LogP contribution in [0.4, 0.5) is 16.8 Å². The molecule has 0 aliphatic heterocycles. The van der Waals surface area contributed by atoms with Crippen LogP contribution < -0.4 is 0 Å².